The van der Waals surface area contributed by atoms with Crippen LogP contribution in [0.4, 0.5) is 5.69 Å². The lowest BCUT2D eigenvalue weighted by Crippen LogP contribution is -2.45. The zero-order valence-electron chi connectivity index (χ0n) is 16.8. The van der Waals surface area contributed by atoms with Crippen LogP contribution in [-0.2, 0) is 5.60 Å². The molecule has 1 amide bonds. The molecule has 0 aliphatic carbocycles. The Bertz CT molecular complexity index is 902. The highest BCUT2D eigenvalue weighted by atomic mass is 16.5. The summed E-state index contributed by atoms with van der Waals surface area (Å²) in [4.78, 5) is 19.5. The number of likely N-dealkylation sites (tertiary alicyclic amines) is 1. The van der Waals surface area contributed by atoms with E-state index in [1.807, 2.05) is 17.9 Å². The van der Waals surface area contributed by atoms with E-state index >= 15 is 0 Å². The van der Waals surface area contributed by atoms with Crippen LogP contribution in [0.5, 0.6) is 0 Å². The Balaban J connectivity index is 1.81. The van der Waals surface area contributed by atoms with Gasteiger partial charge in [-0.25, -0.2) is 0 Å². The maximum absolute atomic E-state index is 13.3. The number of nitrogens with zero attached hydrogens (tertiary/aromatic N) is 4. The summed E-state index contributed by atoms with van der Waals surface area (Å²) in [6, 6.07) is 7.22. The molecule has 2 aromatic rings. The van der Waals surface area contributed by atoms with Crippen molar-refractivity contribution in [1.29, 1.82) is 5.41 Å². The third-order valence-electron chi connectivity index (χ3n) is 4.96. The molecule has 1 fully saturated rings. The second-order valence-electron chi connectivity index (χ2n) is 7.70. The summed E-state index contributed by atoms with van der Waals surface area (Å²) in [7, 11) is 0. The number of hydrogen-bond donors (Lipinski definition) is 3. The van der Waals surface area contributed by atoms with Crippen LogP contribution >= 0.6 is 0 Å². The normalized spacial score (nSPS) is 20.1. The molecule has 0 saturated carbocycles. The second-order valence-corrected chi connectivity index (χ2v) is 7.70. The number of amides is 1. The molecule has 1 aliphatic rings. The summed E-state index contributed by atoms with van der Waals surface area (Å²) < 4.78 is 5.20. The Hall–Kier alpha value is -3.07. The number of benzene rings is 1. The van der Waals surface area contributed by atoms with Crippen molar-refractivity contribution in [1.82, 2.24) is 15.0 Å². The van der Waals surface area contributed by atoms with Gasteiger partial charge in [-0.1, -0.05) is 17.3 Å². The molecule has 1 aromatic carbocycles. The fraction of sp³-hybridized carbons (Fsp3) is 0.450. The van der Waals surface area contributed by atoms with E-state index in [0.29, 0.717) is 23.6 Å². The van der Waals surface area contributed by atoms with E-state index in [-0.39, 0.29) is 23.8 Å². The summed E-state index contributed by atoms with van der Waals surface area (Å²) >= 11 is 0. The van der Waals surface area contributed by atoms with Gasteiger partial charge in [-0.2, -0.15) is 10.1 Å². The van der Waals surface area contributed by atoms with E-state index in [0.717, 1.165) is 19.1 Å². The number of para-hydroxylation sites is 1. The number of piperidine rings is 1. The second kappa shape index (κ2) is 8.52. The molecule has 3 rings (SSSR count). The van der Waals surface area contributed by atoms with E-state index in [1.165, 1.54) is 6.21 Å². The topological polar surface area (TPSA) is 128 Å². The number of hydrazone groups is 1. The number of hydrogen-bond acceptors (Lipinski definition) is 8. The molecule has 154 valence electrons. The van der Waals surface area contributed by atoms with Crippen molar-refractivity contribution in [2.24, 2.45) is 5.10 Å². The molecule has 0 radical (unpaired) electrons. The van der Waals surface area contributed by atoms with Crippen LogP contribution in [0.15, 0.2) is 33.9 Å². The molecular weight excluding hydrogens is 372 g/mol. The molecule has 9 heteroatoms. The largest absolute Gasteiger partial charge is 0.381 e. The highest BCUT2D eigenvalue weighted by molar-refractivity contribution is 6.14. The molecular formula is C20H26N6O3. The third kappa shape index (κ3) is 4.68. The number of carbonyl (C=O) groups is 1. The van der Waals surface area contributed by atoms with E-state index in [2.05, 4.69) is 20.7 Å². The maximum atomic E-state index is 13.3. The van der Waals surface area contributed by atoms with Gasteiger partial charge in [0.15, 0.2) is 5.82 Å². The summed E-state index contributed by atoms with van der Waals surface area (Å²) in [6.07, 6.45) is 4.00. The zero-order chi connectivity index (χ0) is 21.0. The first-order chi connectivity index (χ1) is 13.8. The van der Waals surface area contributed by atoms with E-state index in [9.17, 15) is 9.90 Å². The van der Waals surface area contributed by atoms with Gasteiger partial charge in [0, 0.05) is 24.7 Å². The van der Waals surface area contributed by atoms with Crippen molar-refractivity contribution in [3.8, 4) is 0 Å². The van der Waals surface area contributed by atoms with Crippen molar-refractivity contribution in [3.63, 3.8) is 0 Å². The summed E-state index contributed by atoms with van der Waals surface area (Å²) in [6.45, 7) is 5.67. The molecule has 1 aromatic heterocycles. The van der Waals surface area contributed by atoms with Crippen LogP contribution in [-0.4, -0.2) is 51.1 Å². The van der Waals surface area contributed by atoms with E-state index < -0.39 is 5.60 Å². The number of nitrogens with one attached hydrogen (secondary N) is 2. The Morgan fingerprint density at radius 1 is 1.41 bits per heavy atom. The molecule has 1 aliphatic heterocycles. The van der Waals surface area contributed by atoms with Gasteiger partial charge < -0.3 is 19.9 Å². The standard InChI is InChI=1S/C20H26N6O3/c1-13-8-9-14(17-23-19(29-25-17)20(2,3)28)12-26(13)18(27)15-6-4-5-7-16(15)24-22-11-10-21/h4-7,10-11,13-14,21,24,28H,8-9,12H2,1-3H3/b21-10?,22-11-/t13-,14-/m1/s1. The first kappa shape index (κ1) is 20.7. The monoisotopic (exact) mass is 398 g/mol. The smallest absolute Gasteiger partial charge is 0.258 e. The predicted octanol–water partition coefficient (Wildman–Crippen LogP) is 2.75. The molecule has 2 atom stereocenters. The van der Waals surface area contributed by atoms with Gasteiger partial charge in [-0.15, -0.1) is 0 Å². The van der Waals surface area contributed by atoms with Gasteiger partial charge >= 0.3 is 0 Å². The number of aromatic nitrogens is 2. The van der Waals surface area contributed by atoms with Crippen molar-refractivity contribution < 1.29 is 14.4 Å². The fourth-order valence-corrected chi connectivity index (χ4v) is 3.32. The summed E-state index contributed by atoms with van der Waals surface area (Å²) in [5.74, 6) is 0.504. The lowest BCUT2D eigenvalue weighted by molar-refractivity contribution is 0.0420. The molecule has 0 bridgehead atoms. The molecule has 0 unspecified atom stereocenters. The number of aliphatic hydroxyl groups is 1. The minimum Gasteiger partial charge on any atom is -0.381 e. The highest BCUT2D eigenvalue weighted by Gasteiger charge is 2.34. The minimum absolute atomic E-state index is 0.0638. The maximum Gasteiger partial charge on any atom is 0.258 e. The van der Waals surface area contributed by atoms with Gasteiger partial charge in [0.05, 0.1) is 17.5 Å². The van der Waals surface area contributed by atoms with Gasteiger partial charge in [0.25, 0.3) is 11.8 Å². The zero-order valence-corrected chi connectivity index (χ0v) is 16.8. The Morgan fingerprint density at radius 2 is 2.17 bits per heavy atom. The van der Waals surface area contributed by atoms with Crippen LogP contribution in [0.1, 0.15) is 61.6 Å². The quantitative estimate of drug-likeness (QED) is 0.507. The van der Waals surface area contributed by atoms with Crippen LogP contribution in [0.25, 0.3) is 0 Å². The van der Waals surface area contributed by atoms with Crippen molar-refractivity contribution in [2.45, 2.75) is 51.2 Å². The molecule has 2 heterocycles. The Morgan fingerprint density at radius 3 is 2.86 bits per heavy atom. The molecule has 9 nitrogen and oxygen atoms in total. The predicted molar refractivity (Wildman–Crippen MR) is 109 cm³/mol. The SMILES string of the molecule is C[C@@H]1CC[C@@H](c2noc(C(C)(C)O)n2)CN1C(=O)c1ccccc1N/N=C\C=N. The summed E-state index contributed by atoms with van der Waals surface area (Å²) in [5, 5.41) is 25.0. The van der Waals surface area contributed by atoms with Gasteiger partial charge in [0.2, 0.25) is 0 Å². The van der Waals surface area contributed by atoms with Crippen LogP contribution in [0, 0.1) is 5.41 Å². The molecule has 0 spiro atoms. The first-order valence-corrected chi connectivity index (χ1v) is 9.56. The number of rotatable bonds is 6. The van der Waals surface area contributed by atoms with Crippen LogP contribution in [0.2, 0.25) is 0 Å². The van der Waals surface area contributed by atoms with Crippen molar-refractivity contribution in [3.05, 3.63) is 41.5 Å². The van der Waals surface area contributed by atoms with Crippen LogP contribution in [0.3, 0.4) is 0 Å². The average molecular weight is 398 g/mol. The fourth-order valence-electron chi connectivity index (χ4n) is 3.32. The lowest BCUT2D eigenvalue weighted by Gasteiger charge is -2.37. The molecule has 29 heavy (non-hydrogen) atoms. The first-order valence-electron chi connectivity index (χ1n) is 9.56. The average Bonchev–Trinajstić information content (AvgIpc) is 3.19. The van der Waals surface area contributed by atoms with E-state index in [4.69, 9.17) is 9.93 Å². The van der Waals surface area contributed by atoms with Gasteiger partial charge in [-0.3, -0.25) is 10.2 Å². The van der Waals surface area contributed by atoms with Gasteiger partial charge in [0.1, 0.15) is 5.60 Å². The minimum atomic E-state index is -1.20. The highest BCUT2D eigenvalue weighted by Crippen LogP contribution is 2.31. The van der Waals surface area contributed by atoms with Gasteiger partial charge in [-0.05, 0) is 45.7 Å². The number of carbonyl (C=O) groups excluding carboxylic acids is 1. The summed E-state index contributed by atoms with van der Waals surface area (Å²) in [5.41, 5.74) is 2.70. The Kier molecular flexibility index (Phi) is 6.07. The molecule has 1 saturated heterocycles. The number of anilines is 1. The lowest BCUT2D eigenvalue weighted by atomic mass is 9.92. The van der Waals surface area contributed by atoms with E-state index in [1.54, 1.807) is 32.0 Å². The third-order valence-corrected chi connectivity index (χ3v) is 4.96. The van der Waals surface area contributed by atoms with Crippen molar-refractivity contribution >= 4 is 24.0 Å². The molecule has 3 N–H and O–H groups in total. The van der Waals surface area contributed by atoms with Crippen molar-refractivity contribution in [2.75, 3.05) is 12.0 Å². The van der Waals surface area contributed by atoms with Crippen LogP contribution < -0.4 is 5.43 Å². The Labute approximate surface area is 169 Å².